The molecule has 0 atom stereocenters. The third kappa shape index (κ3) is 6.37. The predicted octanol–water partition coefficient (Wildman–Crippen LogP) is 2.80. The number of amides is 1. The molecule has 1 amide bonds. The number of likely N-dealkylation sites (N-methyl/N-ethyl adjacent to an activating group) is 2. The number of hydrogen-bond acceptors (Lipinski definition) is 4. The first kappa shape index (κ1) is 19.7. The lowest BCUT2D eigenvalue weighted by Crippen LogP contribution is -2.37. The van der Waals surface area contributed by atoms with Gasteiger partial charge >= 0.3 is 0 Å². The first-order valence-electron chi connectivity index (χ1n) is 8.41. The van der Waals surface area contributed by atoms with Crippen LogP contribution in [0.25, 0.3) is 0 Å². The van der Waals surface area contributed by atoms with Crippen molar-refractivity contribution < 1.29 is 18.7 Å². The van der Waals surface area contributed by atoms with Crippen LogP contribution in [0.5, 0.6) is 11.5 Å². The molecule has 2 aromatic rings. The second-order valence-electron chi connectivity index (χ2n) is 6.14. The highest BCUT2D eigenvalue weighted by molar-refractivity contribution is 5.77. The molecule has 2 rings (SSSR count). The van der Waals surface area contributed by atoms with Gasteiger partial charge in [-0.1, -0.05) is 12.1 Å². The first-order valence-corrected chi connectivity index (χ1v) is 8.41. The van der Waals surface area contributed by atoms with Gasteiger partial charge < -0.3 is 14.4 Å². The monoisotopic (exact) mass is 360 g/mol. The number of carbonyl (C=O) groups excluding carboxylic acids is 1. The van der Waals surface area contributed by atoms with E-state index in [1.54, 1.807) is 31.2 Å². The van der Waals surface area contributed by atoms with Crippen molar-refractivity contribution in [3.63, 3.8) is 0 Å². The van der Waals surface area contributed by atoms with Gasteiger partial charge in [0.2, 0.25) is 5.91 Å². The Morgan fingerprint density at radius 3 is 2.23 bits per heavy atom. The molecule has 0 aliphatic heterocycles. The van der Waals surface area contributed by atoms with Gasteiger partial charge in [0, 0.05) is 20.1 Å². The van der Waals surface area contributed by atoms with Gasteiger partial charge in [-0.05, 0) is 49.0 Å². The van der Waals surface area contributed by atoms with Crippen LogP contribution in [-0.4, -0.2) is 56.6 Å². The van der Waals surface area contributed by atoms with E-state index < -0.39 is 0 Å². The zero-order valence-electron chi connectivity index (χ0n) is 15.4. The van der Waals surface area contributed by atoms with Crippen molar-refractivity contribution in [3.8, 4) is 11.5 Å². The lowest BCUT2D eigenvalue weighted by atomic mass is 10.2. The number of halogens is 1. The van der Waals surface area contributed by atoms with Crippen molar-refractivity contribution in [1.29, 1.82) is 0 Å². The van der Waals surface area contributed by atoms with Crippen LogP contribution in [0.3, 0.4) is 0 Å². The Morgan fingerprint density at radius 1 is 1.00 bits per heavy atom. The maximum atomic E-state index is 12.8. The summed E-state index contributed by atoms with van der Waals surface area (Å²) >= 11 is 0. The molecular formula is C20H25FN2O3. The standard InChI is InChI=1S/C20H25FN2O3/c1-22(12-13-26-19-10-6-17(21)7-11-19)15-20(24)23(2)14-16-4-8-18(25-3)9-5-16/h4-11H,12-15H2,1-3H3. The van der Waals surface area contributed by atoms with E-state index in [9.17, 15) is 9.18 Å². The maximum Gasteiger partial charge on any atom is 0.236 e. The molecule has 0 unspecified atom stereocenters. The molecule has 0 aromatic heterocycles. The summed E-state index contributed by atoms with van der Waals surface area (Å²) in [6.07, 6.45) is 0. The lowest BCUT2D eigenvalue weighted by Gasteiger charge is -2.22. The molecule has 26 heavy (non-hydrogen) atoms. The summed E-state index contributed by atoms with van der Waals surface area (Å²) in [5.41, 5.74) is 1.05. The van der Waals surface area contributed by atoms with Gasteiger partial charge in [0.15, 0.2) is 0 Å². The molecule has 0 saturated carbocycles. The van der Waals surface area contributed by atoms with Crippen molar-refractivity contribution in [2.45, 2.75) is 6.54 Å². The number of benzene rings is 2. The molecule has 6 heteroatoms. The number of carbonyl (C=O) groups is 1. The second-order valence-corrected chi connectivity index (χ2v) is 6.14. The topological polar surface area (TPSA) is 42.0 Å². The highest BCUT2D eigenvalue weighted by Gasteiger charge is 2.12. The fourth-order valence-corrected chi connectivity index (χ4v) is 2.37. The molecule has 140 valence electrons. The van der Waals surface area contributed by atoms with Crippen LogP contribution in [-0.2, 0) is 11.3 Å². The summed E-state index contributed by atoms with van der Waals surface area (Å²) in [6, 6.07) is 13.5. The summed E-state index contributed by atoms with van der Waals surface area (Å²) in [4.78, 5) is 15.9. The van der Waals surface area contributed by atoms with E-state index in [2.05, 4.69) is 0 Å². The molecule has 0 aliphatic rings. The van der Waals surface area contributed by atoms with Crippen molar-refractivity contribution >= 4 is 5.91 Å². The Bertz CT molecular complexity index is 689. The Kier molecular flexibility index (Phi) is 7.41. The van der Waals surface area contributed by atoms with E-state index in [4.69, 9.17) is 9.47 Å². The van der Waals surface area contributed by atoms with Crippen LogP contribution < -0.4 is 9.47 Å². The number of methoxy groups -OCH3 is 1. The van der Waals surface area contributed by atoms with Gasteiger partial charge in [0.05, 0.1) is 13.7 Å². The van der Waals surface area contributed by atoms with E-state index in [0.717, 1.165) is 11.3 Å². The average Bonchev–Trinajstić information content (AvgIpc) is 2.64. The number of nitrogens with zero attached hydrogens (tertiary/aromatic N) is 2. The number of ether oxygens (including phenoxy) is 2. The van der Waals surface area contributed by atoms with Crippen LogP contribution in [0.15, 0.2) is 48.5 Å². The quantitative estimate of drug-likeness (QED) is 0.690. The van der Waals surface area contributed by atoms with E-state index >= 15 is 0 Å². The molecular weight excluding hydrogens is 335 g/mol. The fraction of sp³-hybridized carbons (Fsp3) is 0.350. The largest absolute Gasteiger partial charge is 0.497 e. The molecule has 0 aliphatic carbocycles. The Morgan fingerprint density at radius 2 is 1.62 bits per heavy atom. The van der Waals surface area contributed by atoms with Gasteiger partial charge in [-0.25, -0.2) is 4.39 Å². The van der Waals surface area contributed by atoms with Gasteiger partial charge in [-0.2, -0.15) is 0 Å². The molecule has 2 aromatic carbocycles. The smallest absolute Gasteiger partial charge is 0.236 e. The molecule has 0 heterocycles. The van der Waals surface area contributed by atoms with E-state index in [1.165, 1.54) is 12.1 Å². The Hall–Kier alpha value is -2.60. The van der Waals surface area contributed by atoms with Crippen molar-refractivity contribution in [2.24, 2.45) is 0 Å². The van der Waals surface area contributed by atoms with Crippen LogP contribution in [0, 0.1) is 5.82 Å². The first-order chi connectivity index (χ1) is 12.5. The van der Waals surface area contributed by atoms with Gasteiger partial charge in [0.25, 0.3) is 0 Å². The number of hydrogen-bond donors (Lipinski definition) is 0. The maximum absolute atomic E-state index is 12.8. The van der Waals surface area contributed by atoms with Crippen molar-refractivity contribution in [3.05, 3.63) is 59.9 Å². The van der Waals surface area contributed by atoms with Crippen LogP contribution in [0.4, 0.5) is 4.39 Å². The molecule has 0 bridgehead atoms. The second kappa shape index (κ2) is 9.77. The molecule has 0 N–H and O–H groups in total. The highest BCUT2D eigenvalue weighted by atomic mass is 19.1. The minimum Gasteiger partial charge on any atom is -0.497 e. The van der Waals surface area contributed by atoms with E-state index in [1.807, 2.05) is 36.2 Å². The summed E-state index contributed by atoms with van der Waals surface area (Å²) in [5, 5.41) is 0. The molecule has 5 nitrogen and oxygen atoms in total. The van der Waals surface area contributed by atoms with Crippen LogP contribution in [0.1, 0.15) is 5.56 Å². The Labute approximate surface area is 153 Å². The average molecular weight is 360 g/mol. The normalized spacial score (nSPS) is 10.7. The molecule has 0 radical (unpaired) electrons. The summed E-state index contributed by atoms with van der Waals surface area (Å²) in [7, 11) is 5.28. The highest BCUT2D eigenvalue weighted by Crippen LogP contribution is 2.13. The van der Waals surface area contributed by atoms with E-state index in [-0.39, 0.29) is 11.7 Å². The van der Waals surface area contributed by atoms with Crippen LogP contribution in [0.2, 0.25) is 0 Å². The summed E-state index contributed by atoms with van der Waals surface area (Å²) in [5.74, 6) is 1.15. The third-order valence-electron chi connectivity index (χ3n) is 3.97. The van der Waals surface area contributed by atoms with Crippen LogP contribution >= 0.6 is 0 Å². The van der Waals surface area contributed by atoms with Gasteiger partial charge in [-0.3, -0.25) is 9.69 Å². The minimum atomic E-state index is -0.292. The van der Waals surface area contributed by atoms with Crippen molar-refractivity contribution in [2.75, 3.05) is 40.9 Å². The molecule has 0 spiro atoms. The molecule has 0 fully saturated rings. The fourth-order valence-electron chi connectivity index (χ4n) is 2.37. The summed E-state index contributed by atoms with van der Waals surface area (Å²) in [6.45, 7) is 1.87. The number of rotatable bonds is 9. The molecule has 0 saturated heterocycles. The van der Waals surface area contributed by atoms with E-state index in [0.29, 0.717) is 32.0 Å². The zero-order valence-corrected chi connectivity index (χ0v) is 15.4. The van der Waals surface area contributed by atoms with Gasteiger partial charge in [-0.15, -0.1) is 0 Å². The SMILES string of the molecule is COc1ccc(CN(C)C(=O)CN(C)CCOc2ccc(F)cc2)cc1. The Balaban J connectivity index is 1.71. The minimum absolute atomic E-state index is 0.0325. The predicted molar refractivity (Wildman–Crippen MR) is 98.9 cm³/mol. The summed E-state index contributed by atoms with van der Waals surface area (Å²) < 4.78 is 23.5. The third-order valence-corrected chi connectivity index (χ3v) is 3.97. The van der Waals surface area contributed by atoms with Gasteiger partial charge in [0.1, 0.15) is 23.9 Å². The zero-order chi connectivity index (χ0) is 18.9. The van der Waals surface area contributed by atoms with Crippen molar-refractivity contribution in [1.82, 2.24) is 9.80 Å². The lowest BCUT2D eigenvalue weighted by molar-refractivity contribution is -0.131.